The summed E-state index contributed by atoms with van der Waals surface area (Å²) < 4.78 is 0. The van der Waals surface area contributed by atoms with E-state index in [0.717, 1.165) is 0 Å². The van der Waals surface area contributed by atoms with Gasteiger partial charge in [-0.3, -0.25) is 9.80 Å². The highest BCUT2D eigenvalue weighted by molar-refractivity contribution is 4.68. The summed E-state index contributed by atoms with van der Waals surface area (Å²) in [6.07, 6.45) is 1.29. The van der Waals surface area contributed by atoms with Crippen molar-refractivity contribution in [3.05, 3.63) is 0 Å². The fourth-order valence-electron chi connectivity index (χ4n) is 1.46. The Balaban J connectivity index is 2.15. The van der Waals surface area contributed by atoms with Gasteiger partial charge in [-0.15, -0.1) is 0 Å². The second-order valence-electron chi connectivity index (χ2n) is 2.97. The molecule has 0 aliphatic carbocycles. The predicted octanol–water partition coefficient (Wildman–Crippen LogP) is 0.991. The van der Waals surface area contributed by atoms with Crippen molar-refractivity contribution in [2.75, 3.05) is 32.8 Å². The average molecular weight is 142 g/mol. The van der Waals surface area contributed by atoms with Crippen LogP contribution in [0.1, 0.15) is 20.3 Å². The van der Waals surface area contributed by atoms with Crippen LogP contribution in [0.5, 0.6) is 0 Å². The number of hydrogen-bond donors (Lipinski definition) is 0. The number of likely N-dealkylation sites (N-methyl/N-ethyl adjacent to an activating group) is 1. The molecule has 1 rings (SSSR count). The highest BCUT2D eigenvalue weighted by atomic mass is 15.4. The van der Waals surface area contributed by atoms with Gasteiger partial charge in [-0.1, -0.05) is 13.8 Å². The van der Waals surface area contributed by atoms with Crippen molar-refractivity contribution in [3.8, 4) is 0 Å². The summed E-state index contributed by atoms with van der Waals surface area (Å²) in [6.45, 7) is 10.7. The molecule has 1 aliphatic heterocycles. The average Bonchev–Trinajstić information content (AvgIpc) is 2.37. The molecule has 0 bridgehead atoms. The van der Waals surface area contributed by atoms with Gasteiger partial charge in [-0.25, -0.2) is 0 Å². The summed E-state index contributed by atoms with van der Waals surface area (Å²) in [5.41, 5.74) is 0. The van der Waals surface area contributed by atoms with Crippen LogP contribution in [0.2, 0.25) is 0 Å². The minimum Gasteiger partial charge on any atom is -0.289 e. The summed E-state index contributed by atoms with van der Waals surface area (Å²) in [4.78, 5) is 5.00. The SMILES string of the molecule is CCCN1CCN(CC)C1. The lowest BCUT2D eigenvalue weighted by Crippen LogP contribution is -2.25. The minimum absolute atomic E-state index is 1.20. The normalized spacial score (nSPS) is 22.2. The molecule has 1 saturated heterocycles. The zero-order valence-corrected chi connectivity index (χ0v) is 7.14. The van der Waals surface area contributed by atoms with Crippen molar-refractivity contribution < 1.29 is 0 Å². The van der Waals surface area contributed by atoms with Crippen LogP contribution < -0.4 is 0 Å². The summed E-state index contributed by atoms with van der Waals surface area (Å²) in [5.74, 6) is 0. The molecule has 0 unspecified atom stereocenters. The van der Waals surface area contributed by atoms with Gasteiger partial charge in [0.05, 0.1) is 6.67 Å². The molecule has 0 spiro atoms. The quantitative estimate of drug-likeness (QED) is 0.580. The molecule has 0 amide bonds. The Morgan fingerprint density at radius 2 is 1.80 bits per heavy atom. The van der Waals surface area contributed by atoms with Gasteiger partial charge < -0.3 is 0 Å². The summed E-state index contributed by atoms with van der Waals surface area (Å²) >= 11 is 0. The van der Waals surface area contributed by atoms with Gasteiger partial charge in [-0.05, 0) is 19.5 Å². The zero-order chi connectivity index (χ0) is 7.40. The molecule has 1 heterocycles. The van der Waals surface area contributed by atoms with Gasteiger partial charge >= 0.3 is 0 Å². The van der Waals surface area contributed by atoms with E-state index in [1.54, 1.807) is 0 Å². The third kappa shape index (κ3) is 1.96. The van der Waals surface area contributed by atoms with Crippen molar-refractivity contribution in [2.24, 2.45) is 0 Å². The Kier molecular flexibility index (Phi) is 3.16. The van der Waals surface area contributed by atoms with Crippen LogP contribution in [0.15, 0.2) is 0 Å². The summed E-state index contributed by atoms with van der Waals surface area (Å²) in [7, 11) is 0. The van der Waals surface area contributed by atoms with Crippen LogP contribution >= 0.6 is 0 Å². The maximum atomic E-state index is 2.52. The van der Waals surface area contributed by atoms with Gasteiger partial charge in [0, 0.05) is 13.1 Å². The van der Waals surface area contributed by atoms with E-state index in [-0.39, 0.29) is 0 Å². The van der Waals surface area contributed by atoms with Crippen LogP contribution in [-0.4, -0.2) is 42.6 Å². The highest BCUT2D eigenvalue weighted by Crippen LogP contribution is 2.03. The standard InChI is InChI=1S/C8H18N2/c1-3-5-10-7-6-9(4-2)8-10/h3-8H2,1-2H3. The van der Waals surface area contributed by atoms with E-state index in [1.807, 2.05) is 0 Å². The van der Waals surface area contributed by atoms with Gasteiger partial charge in [0.15, 0.2) is 0 Å². The van der Waals surface area contributed by atoms with Crippen molar-refractivity contribution in [3.63, 3.8) is 0 Å². The minimum atomic E-state index is 1.20. The molecule has 0 saturated carbocycles. The topological polar surface area (TPSA) is 6.48 Å². The number of nitrogens with zero attached hydrogens (tertiary/aromatic N) is 2. The number of hydrogen-bond acceptors (Lipinski definition) is 2. The maximum Gasteiger partial charge on any atom is 0.0507 e. The molecular weight excluding hydrogens is 124 g/mol. The van der Waals surface area contributed by atoms with Crippen molar-refractivity contribution in [2.45, 2.75) is 20.3 Å². The molecule has 0 radical (unpaired) electrons. The third-order valence-electron chi connectivity index (χ3n) is 2.12. The largest absolute Gasteiger partial charge is 0.289 e. The van der Waals surface area contributed by atoms with Crippen LogP contribution in [-0.2, 0) is 0 Å². The third-order valence-corrected chi connectivity index (χ3v) is 2.12. The maximum absolute atomic E-state index is 2.52. The molecule has 60 valence electrons. The first-order valence-electron chi connectivity index (χ1n) is 4.31. The lowest BCUT2D eigenvalue weighted by Gasteiger charge is -2.14. The Hall–Kier alpha value is -0.0800. The van der Waals surface area contributed by atoms with Crippen LogP contribution in [0.4, 0.5) is 0 Å². The van der Waals surface area contributed by atoms with E-state index in [9.17, 15) is 0 Å². The fraction of sp³-hybridized carbons (Fsp3) is 1.00. The van der Waals surface area contributed by atoms with Crippen molar-refractivity contribution in [1.82, 2.24) is 9.80 Å². The molecule has 1 aliphatic rings. The first-order valence-corrected chi connectivity index (χ1v) is 4.31. The van der Waals surface area contributed by atoms with Gasteiger partial charge in [0.2, 0.25) is 0 Å². The molecule has 10 heavy (non-hydrogen) atoms. The molecular formula is C8H18N2. The van der Waals surface area contributed by atoms with E-state index in [4.69, 9.17) is 0 Å². The van der Waals surface area contributed by atoms with E-state index in [2.05, 4.69) is 23.6 Å². The fourth-order valence-corrected chi connectivity index (χ4v) is 1.46. The second kappa shape index (κ2) is 3.94. The molecule has 2 heteroatoms. The van der Waals surface area contributed by atoms with E-state index in [0.29, 0.717) is 0 Å². The second-order valence-corrected chi connectivity index (χ2v) is 2.97. The van der Waals surface area contributed by atoms with Crippen LogP contribution in [0.3, 0.4) is 0 Å². The Morgan fingerprint density at radius 3 is 2.30 bits per heavy atom. The molecule has 0 aromatic carbocycles. The lowest BCUT2D eigenvalue weighted by molar-refractivity contribution is 0.254. The first-order chi connectivity index (χ1) is 4.86. The van der Waals surface area contributed by atoms with Crippen molar-refractivity contribution in [1.29, 1.82) is 0 Å². The summed E-state index contributed by atoms with van der Waals surface area (Å²) in [6, 6.07) is 0. The molecule has 1 fully saturated rings. The Morgan fingerprint density at radius 1 is 1.10 bits per heavy atom. The van der Waals surface area contributed by atoms with Crippen LogP contribution in [0, 0.1) is 0 Å². The molecule has 2 nitrogen and oxygen atoms in total. The highest BCUT2D eigenvalue weighted by Gasteiger charge is 2.16. The van der Waals surface area contributed by atoms with Gasteiger partial charge in [0.1, 0.15) is 0 Å². The smallest absolute Gasteiger partial charge is 0.0507 e. The Bertz CT molecular complexity index is 93.3. The Labute approximate surface area is 63.8 Å². The molecule has 0 N–H and O–H groups in total. The van der Waals surface area contributed by atoms with Gasteiger partial charge in [0.25, 0.3) is 0 Å². The van der Waals surface area contributed by atoms with E-state index >= 15 is 0 Å². The monoisotopic (exact) mass is 142 g/mol. The molecule has 0 atom stereocenters. The van der Waals surface area contributed by atoms with E-state index < -0.39 is 0 Å². The van der Waals surface area contributed by atoms with Crippen LogP contribution in [0.25, 0.3) is 0 Å². The number of rotatable bonds is 3. The predicted molar refractivity (Wildman–Crippen MR) is 44.0 cm³/mol. The van der Waals surface area contributed by atoms with Crippen molar-refractivity contribution >= 4 is 0 Å². The zero-order valence-electron chi connectivity index (χ0n) is 7.14. The first kappa shape index (κ1) is 8.02. The molecule has 0 aromatic heterocycles. The van der Waals surface area contributed by atoms with E-state index in [1.165, 1.54) is 39.3 Å². The lowest BCUT2D eigenvalue weighted by atomic mass is 10.4. The van der Waals surface area contributed by atoms with Gasteiger partial charge in [-0.2, -0.15) is 0 Å². The summed E-state index contributed by atoms with van der Waals surface area (Å²) in [5, 5.41) is 0. The molecule has 0 aromatic rings.